The third-order valence-electron chi connectivity index (χ3n) is 3.42. The highest BCUT2D eigenvalue weighted by Gasteiger charge is 2.27. The molecule has 2 rings (SSSR count). The Hall–Kier alpha value is -1.27. The molecule has 0 saturated heterocycles. The topological polar surface area (TPSA) is 55.6 Å². The predicted octanol–water partition coefficient (Wildman–Crippen LogP) is 2.56. The van der Waals surface area contributed by atoms with Gasteiger partial charge in [-0.15, -0.1) is 5.10 Å². The summed E-state index contributed by atoms with van der Waals surface area (Å²) in [6, 6.07) is 0.205. The summed E-state index contributed by atoms with van der Waals surface area (Å²) >= 11 is 1.48. The molecule has 2 aromatic heterocycles. The van der Waals surface area contributed by atoms with Crippen LogP contribution in [0.4, 0.5) is 0 Å². The average molecular weight is 293 g/mol. The second-order valence-corrected chi connectivity index (χ2v) is 6.70. The fraction of sp³-hybridized carbons (Fsp3) is 0.643. The fourth-order valence-electron chi connectivity index (χ4n) is 2.27. The van der Waals surface area contributed by atoms with Gasteiger partial charge in [0.2, 0.25) is 0 Å². The van der Waals surface area contributed by atoms with Crippen LogP contribution in [0.1, 0.15) is 50.1 Å². The fourth-order valence-corrected chi connectivity index (χ4v) is 3.24. The Labute approximate surface area is 124 Å². The Bertz CT molecular complexity index is 552. The van der Waals surface area contributed by atoms with Crippen molar-refractivity contribution >= 4 is 11.5 Å². The van der Waals surface area contributed by atoms with Crippen molar-refractivity contribution in [3.05, 3.63) is 28.8 Å². The summed E-state index contributed by atoms with van der Waals surface area (Å²) in [7, 11) is 1.98. The van der Waals surface area contributed by atoms with Gasteiger partial charge in [0.15, 0.2) is 0 Å². The molecule has 0 spiro atoms. The summed E-state index contributed by atoms with van der Waals surface area (Å²) in [5, 5.41) is 7.71. The zero-order valence-electron chi connectivity index (χ0n) is 12.8. The maximum atomic E-state index is 4.46. The molecular formula is C14H23N5S. The molecule has 0 aliphatic rings. The van der Waals surface area contributed by atoms with Crippen molar-refractivity contribution in [3.63, 3.8) is 0 Å². The van der Waals surface area contributed by atoms with Crippen molar-refractivity contribution in [2.75, 3.05) is 7.05 Å². The van der Waals surface area contributed by atoms with Crippen molar-refractivity contribution in [2.24, 2.45) is 0 Å². The van der Waals surface area contributed by atoms with Crippen LogP contribution >= 0.6 is 11.5 Å². The Kier molecular flexibility index (Phi) is 4.55. The number of nitrogens with one attached hydrogen (secondary N) is 1. The van der Waals surface area contributed by atoms with Gasteiger partial charge in [-0.3, -0.25) is 0 Å². The molecule has 2 aromatic rings. The van der Waals surface area contributed by atoms with Crippen molar-refractivity contribution in [1.82, 2.24) is 24.5 Å². The molecule has 5 nitrogen and oxygen atoms in total. The lowest BCUT2D eigenvalue weighted by Gasteiger charge is -2.21. The number of nitrogens with zero attached hydrogens (tertiary/aromatic N) is 4. The Morgan fingerprint density at radius 2 is 2.15 bits per heavy atom. The van der Waals surface area contributed by atoms with Crippen LogP contribution in [-0.2, 0) is 18.4 Å². The number of rotatable bonds is 5. The number of likely N-dealkylation sites (N-methyl/N-ethyl adjacent to an activating group) is 1. The van der Waals surface area contributed by atoms with Gasteiger partial charge in [-0.25, -0.2) is 4.98 Å². The van der Waals surface area contributed by atoms with Gasteiger partial charge in [-0.2, -0.15) is 0 Å². The van der Waals surface area contributed by atoms with Crippen LogP contribution in [0.25, 0.3) is 0 Å². The molecule has 0 saturated carbocycles. The minimum absolute atomic E-state index is 0.0115. The first-order valence-corrected chi connectivity index (χ1v) is 7.74. The Morgan fingerprint density at radius 3 is 2.75 bits per heavy atom. The van der Waals surface area contributed by atoms with Gasteiger partial charge in [-0.05, 0) is 25.5 Å². The highest BCUT2D eigenvalue weighted by molar-refractivity contribution is 7.05. The van der Waals surface area contributed by atoms with E-state index < -0.39 is 0 Å². The Balaban J connectivity index is 2.28. The summed E-state index contributed by atoms with van der Waals surface area (Å²) < 4.78 is 6.33. The molecule has 2 heterocycles. The maximum absolute atomic E-state index is 4.46. The molecule has 0 radical (unpaired) electrons. The normalized spacial score (nSPS) is 13.7. The molecule has 6 heteroatoms. The van der Waals surface area contributed by atoms with E-state index in [1.165, 1.54) is 16.4 Å². The lowest BCUT2D eigenvalue weighted by Crippen LogP contribution is -2.24. The molecule has 0 bridgehead atoms. The number of hydrogen-bond donors (Lipinski definition) is 1. The van der Waals surface area contributed by atoms with Gasteiger partial charge in [0.1, 0.15) is 5.82 Å². The van der Waals surface area contributed by atoms with E-state index >= 15 is 0 Å². The van der Waals surface area contributed by atoms with Gasteiger partial charge in [0, 0.05) is 30.8 Å². The highest BCUT2D eigenvalue weighted by Crippen LogP contribution is 2.31. The molecular weight excluding hydrogens is 270 g/mol. The van der Waals surface area contributed by atoms with Gasteiger partial charge >= 0.3 is 0 Å². The number of aromatic nitrogens is 4. The summed E-state index contributed by atoms with van der Waals surface area (Å²) in [6.45, 7) is 9.60. The first-order valence-electron chi connectivity index (χ1n) is 6.97. The SMILES string of the molecule is CCn1ccnc1CC(NC)c1snnc1C(C)(C)C. The van der Waals surface area contributed by atoms with Gasteiger partial charge < -0.3 is 9.88 Å². The number of hydrogen-bond acceptors (Lipinski definition) is 5. The highest BCUT2D eigenvalue weighted by atomic mass is 32.1. The van der Waals surface area contributed by atoms with E-state index in [0.717, 1.165) is 24.5 Å². The monoisotopic (exact) mass is 293 g/mol. The minimum atomic E-state index is 0.0115. The van der Waals surface area contributed by atoms with Crippen molar-refractivity contribution in [1.29, 1.82) is 0 Å². The van der Waals surface area contributed by atoms with Crippen molar-refractivity contribution in [2.45, 2.75) is 52.1 Å². The molecule has 20 heavy (non-hydrogen) atoms. The standard InChI is InChI=1S/C14H23N5S/c1-6-19-8-7-16-11(19)9-10(15-5)12-13(14(2,3)4)17-18-20-12/h7-8,10,15H,6,9H2,1-5H3. The predicted molar refractivity (Wildman–Crippen MR) is 82.0 cm³/mol. The van der Waals surface area contributed by atoms with Crippen LogP contribution in [0.3, 0.4) is 0 Å². The van der Waals surface area contributed by atoms with E-state index in [1.54, 1.807) is 0 Å². The number of imidazole rings is 1. The zero-order valence-corrected chi connectivity index (χ0v) is 13.7. The molecule has 0 amide bonds. The summed E-state index contributed by atoms with van der Waals surface area (Å²) in [4.78, 5) is 5.68. The van der Waals surface area contributed by atoms with Crippen LogP contribution in [0.2, 0.25) is 0 Å². The van der Waals surface area contributed by atoms with Crippen LogP contribution in [0, 0.1) is 0 Å². The van der Waals surface area contributed by atoms with Gasteiger partial charge in [0.25, 0.3) is 0 Å². The van der Waals surface area contributed by atoms with Crippen molar-refractivity contribution < 1.29 is 0 Å². The van der Waals surface area contributed by atoms with Gasteiger partial charge in [0.05, 0.1) is 16.6 Å². The quantitative estimate of drug-likeness (QED) is 0.920. The second kappa shape index (κ2) is 6.01. The molecule has 0 aliphatic heterocycles. The summed E-state index contributed by atoms with van der Waals surface area (Å²) in [6.07, 6.45) is 4.74. The molecule has 1 atom stereocenters. The average Bonchev–Trinajstić information content (AvgIpc) is 3.03. The first kappa shape index (κ1) is 15.1. The Morgan fingerprint density at radius 1 is 1.40 bits per heavy atom. The summed E-state index contributed by atoms with van der Waals surface area (Å²) in [5.74, 6) is 1.10. The molecule has 1 unspecified atom stereocenters. The second-order valence-electron chi connectivity index (χ2n) is 5.91. The number of aryl methyl sites for hydroxylation is 1. The first-order chi connectivity index (χ1) is 9.47. The van der Waals surface area contributed by atoms with Crippen LogP contribution in [0.15, 0.2) is 12.4 Å². The molecule has 110 valence electrons. The minimum Gasteiger partial charge on any atom is -0.335 e. The molecule has 0 aromatic carbocycles. The maximum Gasteiger partial charge on any atom is 0.110 e. The molecule has 0 fully saturated rings. The van der Waals surface area contributed by atoms with E-state index in [-0.39, 0.29) is 11.5 Å². The van der Waals surface area contributed by atoms with E-state index in [1.807, 2.05) is 19.4 Å². The third kappa shape index (κ3) is 3.07. The van der Waals surface area contributed by atoms with E-state index in [4.69, 9.17) is 0 Å². The third-order valence-corrected chi connectivity index (χ3v) is 4.26. The zero-order chi connectivity index (χ0) is 14.8. The smallest absolute Gasteiger partial charge is 0.110 e. The van der Waals surface area contributed by atoms with Gasteiger partial charge in [-0.1, -0.05) is 25.3 Å². The summed E-state index contributed by atoms with van der Waals surface area (Å²) in [5.41, 5.74) is 1.09. The van der Waals surface area contributed by atoms with Crippen LogP contribution in [-0.4, -0.2) is 26.2 Å². The van der Waals surface area contributed by atoms with Crippen LogP contribution in [0.5, 0.6) is 0 Å². The molecule has 1 N–H and O–H groups in total. The lowest BCUT2D eigenvalue weighted by molar-refractivity contribution is 0.518. The lowest BCUT2D eigenvalue weighted by atomic mass is 9.89. The largest absolute Gasteiger partial charge is 0.335 e. The van der Waals surface area contributed by atoms with E-state index in [9.17, 15) is 0 Å². The van der Waals surface area contributed by atoms with Crippen LogP contribution < -0.4 is 5.32 Å². The van der Waals surface area contributed by atoms with E-state index in [0.29, 0.717) is 0 Å². The van der Waals surface area contributed by atoms with E-state index in [2.05, 4.69) is 52.1 Å². The van der Waals surface area contributed by atoms with Crippen molar-refractivity contribution in [3.8, 4) is 0 Å². The molecule has 0 aliphatic carbocycles.